The number of esters is 1. The van der Waals surface area contributed by atoms with E-state index < -0.39 is 23.8 Å². The van der Waals surface area contributed by atoms with Gasteiger partial charge >= 0.3 is 5.97 Å². The van der Waals surface area contributed by atoms with Gasteiger partial charge in [-0.3, -0.25) is 9.59 Å². The molecule has 0 aliphatic rings. The van der Waals surface area contributed by atoms with E-state index in [1.54, 1.807) is 30.5 Å². The highest BCUT2D eigenvalue weighted by Crippen LogP contribution is 2.23. The molecule has 0 aliphatic carbocycles. The number of H-pyrrole nitrogens is 1. The maximum atomic E-state index is 13.1. The summed E-state index contributed by atoms with van der Waals surface area (Å²) >= 11 is 0. The van der Waals surface area contributed by atoms with E-state index in [2.05, 4.69) is 10.3 Å². The molecule has 0 saturated carbocycles. The molecule has 4 aromatic rings. The predicted octanol–water partition coefficient (Wildman–Crippen LogP) is 4.77. The minimum absolute atomic E-state index is 0.0250. The van der Waals surface area contributed by atoms with Crippen molar-refractivity contribution in [2.24, 2.45) is 0 Å². The zero-order valence-electron chi connectivity index (χ0n) is 16.0. The summed E-state index contributed by atoms with van der Waals surface area (Å²) in [6, 6.07) is 21.8. The molecule has 1 heterocycles. The number of carbonyl (C=O) groups is 2. The number of aromatic nitrogens is 1. The first-order valence-electron chi connectivity index (χ1n) is 9.46. The Morgan fingerprint density at radius 1 is 0.933 bits per heavy atom. The van der Waals surface area contributed by atoms with Crippen LogP contribution in [0.3, 0.4) is 0 Å². The van der Waals surface area contributed by atoms with Gasteiger partial charge in [-0.05, 0) is 35.9 Å². The molecule has 150 valence electrons. The van der Waals surface area contributed by atoms with Crippen LogP contribution < -0.4 is 5.32 Å². The summed E-state index contributed by atoms with van der Waals surface area (Å²) in [7, 11) is 0. The van der Waals surface area contributed by atoms with Crippen LogP contribution in [-0.4, -0.2) is 16.9 Å². The van der Waals surface area contributed by atoms with Crippen molar-refractivity contribution in [3.05, 3.63) is 102 Å². The van der Waals surface area contributed by atoms with Crippen molar-refractivity contribution in [1.82, 2.24) is 4.98 Å². The Morgan fingerprint density at radius 2 is 1.63 bits per heavy atom. The number of carbonyl (C=O) groups excluding carboxylic acids is 2. The number of amides is 1. The van der Waals surface area contributed by atoms with Crippen molar-refractivity contribution >= 4 is 28.5 Å². The molecule has 3 aromatic carbocycles. The predicted molar refractivity (Wildman–Crippen MR) is 112 cm³/mol. The first-order valence-corrected chi connectivity index (χ1v) is 9.46. The fourth-order valence-electron chi connectivity index (χ4n) is 3.25. The molecule has 0 aliphatic heterocycles. The van der Waals surface area contributed by atoms with E-state index in [0.717, 1.165) is 16.5 Å². The number of para-hydroxylation sites is 1. The minimum atomic E-state index is -1.13. The largest absolute Gasteiger partial charge is 0.447 e. The maximum Gasteiger partial charge on any atom is 0.311 e. The highest BCUT2D eigenvalue weighted by Gasteiger charge is 2.25. The topological polar surface area (TPSA) is 71.2 Å². The lowest BCUT2D eigenvalue weighted by atomic mass is 10.1. The van der Waals surface area contributed by atoms with Gasteiger partial charge in [0.05, 0.1) is 6.42 Å². The second kappa shape index (κ2) is 8.61. The summed E-state index contributed by atoms with van der Waals surface area (Å²) in [5, 5.41) is 3.60. The number of ether oxygens (including phenoxy) is 1. The standard InChI is InChI=1S/C24H19FN2O3/c25-18-10-12-19(13-11-18)27-24(29)23(16-6-2-1-3-7-16)30-22(28)14-17-15-26-21-9-5-4-8-20(17)21/h1-13,15,23,26H,14H2,(H,27,29)/t23-/m1/s1. The fourth-order valence-corrected chi connectivity index (χ4v) is 3.25. The molecule has 0 spiro atoms. The molecule has 0 fully saturated rings. The third-order valence-corrected chi connectivity index (χ3v) is 4.71. The van der Waals surface area contributed by atoms with Crippen LogP contribution in [0.1, 0.15) is 17.2 Å². The molecule has 0 bridgehead atoms. The van der Waals surface area contributed by atoms with E-state index in [1.807, 2.05) is 30.3 Å². The number of fused-ring (bicyclic) bond motifs is 1. The van der Waals surface area contributed by atoms with Gasteiger partial charge in [0.25, 0.3) is 5.91 Å². The lowest BCUT2D eigenvalue weighted by Crippen LogP contribution is -2.26. The average Bonchev–Trinajstić information content (AvgIpc) is 3.17. The van der Waals surface area contributed by atoms with Crippen LogP contribution in [0.4, 0.5) is 10.1 Å². The highest BCUT2D eigenvalue weighted by atomic mass is 19.1. The van der Waals surface area contributed by atoms with Gasteiger partial charge in [-0.25, -0.2) is 4.39 Å². The van der Waals surface area contributed by atoms with Crippen molar-refractivity contribution < 1.29 is 18.7 Å². The average molecular weight is 402 g/mol. The van der Waals surface area contributed by atoms with Gasteiger partial charge in [-0.2, -0.15) is 0 Å². The lowest BCUT2D eigenvalue weighted by molar-refractivity contribution is -0.154. The maximum absolute atomic E-state index is 13.1. The van der Waals surface area contributed by atoms with Crippen molar-refractivity contribution in [1.29, 1.82) is 0 Å². The number of hydrogen-bond acceptors (Lipinski definition) is 3. The molecule has 6 heteroatoms. The third kappa shape index (κ3) is 4.38. The number of aromatic amines is 1. The van der Waals surface area contributed by atoms with E-state index >= 15 is 0 Å². The number of benzene rings is 3. The first-order chi connectivity index (χ1) is 14.6. The molecule has 1 aromatic heterocycles. The van der Waals surface area contributed by atoms with Crippen molar-refractivity contribution in [3.8, 4) is 0 Å². The normalized spacial score (nSPS) is 11.8. The van der Waals surface area contributed by atoms with Crippen molar-refractivity contribution in [2.45, 2.75) is 12.5 Å². The monoisotopic (exact) mass is 402 g/mol. The van der Waals surface area contributed by atoms with Gasteiger partial charge < -0.3 is 15.0 Å². The Bertz CT molecular complexity index is 1170. The molecule has 2 N–H and O–H groups in total. The summed E-state index contributed by atoms with van der Waals surface area (Å²) in [6.45, 7) is 0. The summed E-state index contributed by atoms with van der Waals surface area (Å²) in [6.07, 6.45) is 0.660. The van der Waals surface area contributed by atoms with Gasteiger partial charge in [0, 0.05) is 28.4 Å². The molecule has 4 rings (SSSR count). The number of hydrogen-bond donors (Lipinski definition) is 2. The molecule has 1 atom stereocenters. The van der Waals surface area contributed by atoms with Crippen LogP contribution in [0.25, 0.3) is 10.9 Å². The zero-order chi connectivity index (χ0) is 20.9. The SMILES string of the molecule is O=C(Cc1c[nH]c2ccccc12)O[C@@H](C(=O)Nc1ccc(F)cc1)c1ccccc1. The van der Waals surface area contributed by atoms with Crippen LogP contribution in [-0.2, 0) is 20.7 Å². The second-order valence-corrected chi connectivity index (χ2v) is 6.81. The van der Waals surface area contributed by atoms with Crippen LogP contribution in [0.5, 0.6) is 0 Å². The van der Waals surface area contributed by atoms with Gasteiger partial charge in [0.2, 0.25) is 6.10 Å². The smallest absolute Gasteiger partial charge is 0.311 e. The zero-order valence-corrected chi connectivity index (χ0v) is 16.0. The van der Waals surface area contributed by atoms with Crippen molar-refractivity contribution in [3.63, 3.8) is 0 Å². The Kier molecular flexibility index (Phi) is 5.57. The van der Waals surface area contributed by atoms with E-state index in [0.29, 0.717) is 11.3 Å². The summed E-state index contributed by atoms with van der Waals surface area (Å²) in [4.78, 5) is 28.7. The second-order valence-electron chi connectivity index (χ2n) is 6.81. The van der Waals surface area contributed by atoms with E-state index in [1.165, 1.54) is 24.3 Å². The molecule has 0 radical (unpaired) electrons. The summed E-state index contributed by atoms with van der Waals surface area (Å²) in [5.74, 6) is -1.44. The number of nitrogens with one attached hydrogen (secondary N) is 2. The van der Waals surface area contributed by atoms with E-state index in [9.17, 15) is 14.0 Å². The van der Waals surface area contributed by atoms with Crippen LogP contribution in [0, 0.1) is 5.82 Å². The quantitative estimate of drug-likeness (QED) is 0.456. The molecule has 5 nitrogen and oxygen atoms in total. The molecule has 0 saturated heterocycles. The van der Waals surface area contributed by atoms with E-state index in [-0.39, 0.29) is 6.42 Å². The lowest BCUT2D eigenvalue weighted by Gasteiger charge is -2.18. The Labute approximate surface area is 172 Å². The third-order valence-electron chi connectivity index (χ3n) is 4.71. The van der Waals surface area contributed by atoms with Gasteiger partial charge in [-0.1, -0.05) is 48.5 Å². The van der Waals surface area contributed by atoms with E-state index in [4.69, 9.17) is 4.74 Å². The van der Waals surface area contributed by atoms with Gasteiger partial charge in [-0.15, -0.1) is 0 Å². The summed E-state index contributed by atoms with van der Waals surface area (Å²) in [5.41, 5.74) is 2.68. The Hall–Kier alpha value is -3.93. The van der Waals surface area contributed by atoms with Gasteiger partial charge in [0.1, 0.15) is 5.82 Å². The molecule has 0 unspecified atom stereocenters. The van der Waals surface area contributed by atoms with Crippen molar-refractivity contribution in [2.75, 3.05) is 5.32 Å². The number of rotatable bonds is 6. The number of anilines is 1. The van der Waals surface area contributed by atoms with Crippen LogP contribution >= 0.6 is 0 Å². The fraction of sp³-hybridized carbons (Fsp3) is 0.0833. The highest BCUT2D eigenvalue weighted by molar-refractivity contribution is 5.96. The van der Waals surface area contributed by atoms with Gasteiger partial charge in [0.15, 0.2) is 0 Å². The molecule has 1 amide bonds. The molecular weight excluding hydrogens is 383 g/mol. The Morgan fingerprint density at radius 3 is 2.40 bits per heavy atom. The molecular formula is C24H19FN2O3. The van der Waals surface area contributed by atoms with Crippen LogP contribution in [0.2, 0.25) is 0 Å². The summed E-state index contributed by atoms with van der Waals surface area (Å²) < 4.78 is 18.7. The molecule has 30 heavy (non-hydrogen) atoms. The van der Waals surface area contributed by atoms with Crippen LogP contribution in [0.15, 0.2) is 85.1 Å². The minimum Gasteiger partial charge on any atom is -0.447 e. The first kappa shape index (κ1) is 19.4. The number of halogens is 1. The Balaban J connectivity index is 1.53.